The number of anilines is 1. The van der Waals surface area contributed by atoms with E-state index in [9.17, 15) is 8.42 Å². The Labute approximate surface area is 113 Å². The molecule has 0 bridgehead atoms. The summed E-state index contributed by atoms with van der Waals surface area (Å²) in [5.74, 6) is 0.726. The number of rotatable bonds is 5. The molecule has 1 aliphatic carbocycles. The van der Waals surface area contributed by atoms with E-state index in [1.54, 1.807) is 0 Å². The van der Waals surface area contributed by atoms with E-state index < -0.39 is 9.84 Å². The molecule has 0 fully saturated rings. The number of nitrogens with zero attached hydrogens (tertiary/aromatic N) is 2. The van der Waals surface area contributed by atoms with Crippen LogP contribution in [0.5, 0.6) is 0 Å². The summed E-state index contributed by atoms with van der Waals surface area (Å²) in [6.45, 7) is 0.507. The summed E-state index contributed by atoms with van der Waals surface area (Å²) >= 11 is 0. The number of pyridine rings is 1. The van der Waals surface area contributed by atoms with Crippen LogP contribution < -0.4 is 5.32 Å². The van der Waals surface area contributed by atoms with Gasteiger partial charge in [-0.25, -0.2) is 13.4 Å². The van der Waals surface area contributed by atoms with Crippen LogP contribution in [0.15, 0.2) is 6.07 Å². The first-order valence-corrected chi connectivity index (χ1v) is 8.40. The van der Waals surface area contributed by atoms with Crippen molar-refractivity contribution >= 4 is 15.7 Å². The van der Waals surface area contributed by atoms with Gasteiger partial charge in [-0.3, -0.25) is 0 Å². The van der Waals surface area contributed by atoms with E-state index in [-0.39, 0.29) is 5.75 Å². The van der Waals surface area contributed by atoms with Gasteiger partial charge < -0.3 is 5.32 Å². The van der Waals surface area contributed by atoms with Crippen molar-refractivity contribution in [2.45, 2.75) is 25.7 Å². The minimum atomic E-state index is -2.93. The van der Waals surface area contributed by atoms with Crippen LogP contribution in [0.3, 0.4) is 0 Å². The first-order chi connectivity index (χ1) is 8.99. The van der Waals surface area contributed by atoms with E-state index >= 15 is 0 Å². The van der Waals surface area contributed by atoms with Gasteiger partial charge >= 0.3 is 0 Å². The highest BCUT2D eigenvalue weighted by atomic mass is 32.2. The SMILES string of the molecule is CS(=O)(=O)CCCNc1nc2c(cc1C#N)CCC2. The standard InChI is InChI=1S/C13H17N3O2S/c1-19(17,18)7-3-6-15-13-11(9-14)8-10-4-2-5-12(10)16-13/h8H,2-7H2,1H3,(H,15,16). The monoisotopic (exact) mass is 279 g/mol. The van der Waals surface area contributed by atoms with Gasteiger partial charge in [-0.15, -0.1) is 0 Å². The van der Waals surface area contributed by atoms with Crippen molar-refractivity contribution in [3.05, 3.63) is 22.9 Å². The van der Waals surface area contributed by atoms with Gasteiger partial charge in [0, 0.05) is 18.5 Å². The number of aryl methyl sites for hydroxylation is 2. The molecule has 0 saturated heterocycles. The molecule has 102 valence electrons. The zero-order valence-electron chi connectivity index (χ0n) is 10.9. The minimum absolute atomic E-state index is 0.146. The van der Waals surface area contributed by atoms with E-state index in [1.807, 2.05) is 6.07 Å². The second kappa shape index (κ2) is 5.57. The lowest BCUT2D eigenvalue weighted by Gasteiger charge is -2.09. The van der Waals surface area contributed by atoms with Crippen LogP contribution in [-0.4, -0.2) is 32.0 Å². The van der Waals surface area contributed by atoms with Crippen molar-refractivity contribution in [1.29, 1.82) is 5.26 Å². The van der Waals surface area contributed by atoms with Crippen LogP contribution in [0.4, 0.5) is 5.82 Å². The van der Waals surface area contributed by atoms with Gasteiger partial charge in [0.25, 0.3) is 0 Å². The van der Waals surface area contributed by atoms with Gasteiger partial charge in [-0.1, -0.05) is 0 Å². The average molecular weight is 279 g/mol. The van der Waals surface area contributed by atoms with Crippen molar-refractivity contribution in [3.63, 3.8) is 0 Å². The summed E-state index contributed by atoms with van der Waals surface area (Å²) < 4.78 is 22.0. The molecular formula is C13H17N3O2S. The molecule has 0 aliphatic heterocycles. The number of aromatic nitrogens is 1. The van der Waals surface area contributed by atoms with Gasteiger partial charge in [0.15, 0.2) is 0 Å². The second-order valence-corrected chi connectivity index (χ2v) is 7.13. The zero-order valence-corrected chi connectivity index (χ0v) is 11.8. The van der Waals surface area contributed by atoms with E-state index in [0.29, 0.717) is 24.3 Å². The maximum Gasteiger partial charge on any atom is 0.147 e. The third-order valence-corrected chi connectivity index (χ3v) is 4.19. The fourth-order valence-electron chi connectivity index (χ4n) is 2.23. The predicted octanol–water partition coefficient (Wildman–Crippen LogP) is 1.29. The number of nitrogens with one attached hydrogen (secondary N) is 1. The molecule has 6 heteroatoms. The Morgan fingerprint density at radius 1 is 1.47 bits per heavy atom. The summed E-state index contributed by atoms with van der Waals surface area (Å²) in [5.41, 5.74) is 2.77. The van der Waals surface area contributed by atoms with Crippen molar-refractivity contribution in [2.24, 2.45) is 0 Å². The summed E-state index contributed by atoms with van der Waals surface area (Å²) in [7, 11) is -2.93. The fourth-order valence-corrected chi connectivity index (χ4v) is 2.90. The fraction of sp³-hybridized carbons (Fsp3) is 0.538. The Kier molecular flexibility index (Phi) is 4.05. The van der Waals surface area contributed by atoms with Gasteiger partial charge in [0.2, 0.25) is 0 Å². The lowest BCUT2D eigenvalue weighted by molar-refractivity contribution is 0.600. The molecule has 2 rings (SSSR count). The normalized spacial score (nSPS) is 13.9. The first-order valence-electron chi connectivity index (χ1n) is 6.34. The van der Waals surface area contributed by atoms with Crippen LogP contribution in [0, 0.1) is 11.3 Å². The maximum absolute atomic E-state index is 11.0. The van der Waals surface area contributed by atoms with E-state index in [4.69, 9.17) is 5.26 Å². The van der Waals surface area contributed by atoms with Gasteiger partial charge in [-0.2, -0.15) is 5.26 Å². The predicted molar refractivity (Wildman–Crippen MR) is 73.8 cm³/mol. The molecule has 1 aromatic heterocycles. The van der Waals surface area contributed by atoms with Crippen molar-refractivity contribution in [1.82, 2.24) is 4.98 Å². The highest BCUT2D eigenvalue weighted by Gasteiger charge is 2.16. The van der Waals surface area contributed by atoms with Crippen molar-refractivity contribution in [3.8, 4) is 6.07 Å². The van der Waals surface area contributed by atoms with E-state index in [2.05, 4.69) is 16.4 Å². The number of hydrogen-bond donors (Lipinski definition) is 1. The van der Waals surface area contributed by atoms with E-state index in [1.165, 1.54) is 11.8 Å². The lowest BCUT2D eigenvalue weighted by Crippen LogP contribution is -2.12. The Bertz CT molecular complexity index is 618. The Hall–Kier alpha value is -1.61. The second-order valence-electron chi connectivity index (χ2n) is 4.87. The third-order valence-electron chi connectivity index (χ3n) is 3.16. The summed E-state index contributed by atoms with van der Waals surface area (Å²) in [5, 5.41) is 12.2. The molecule has 1 aliphatic rings. The largest absolute Gasteiger partial charge is 0.369 e. The molecule has 0 spiro atoms. The van der Waals surface area contributed by atoms with Gasteiger partial charge in [0.1, 0.15) is 21.7 Å². The smallest absolute Gasteiger partial charge is 0.147 e. The Morgan fingerprint density at radius 3 is 2.95 bits per heavy atom. The van der Waals surface area contributed by atoms with Crippen LogP contribution in [-0.2, 0) is 22.7 Å². The molecule has 0 aromatic carbocycles. The zero-order chi connectivity index (χ0) is 13.9. The molecule has 0 radical (unpaired) electrons. The molecule has 1 heterocycles. The molecule has 19 heavy (non-hydrogen) atoms. The summed E-state index contributed by atoms with van der Waals surface area (Å²) in [6.07, 6.45) is 4.78. The number of nitriles is 1. The molecule has 0 atom stereocenters. The topological polar surface area (TPSA) is 82.8 Å². The van der Waals surface area contributed by atoms with Gasteiger partial charge in [-0.05, 0) is 37.3 Å². The van der Waals surface area contributed by atoms with Crippen LogP contribution in [0.1, 0.15) is 29.7 Å². The van der Waals surface area contributed by atoms with Crippen molar-refractivity contribution < 1.29 is 8.42 Å². The quantitative estimate of drug-likeness (QED) is 0.821. The Balaban J connectivity index is 2.02. The number of sulfone groups is 1. The molecule has 1 N–H and O–H groups in total. The molecule has 0 unspecified atom stereocenters. The molecular weight excluding hydrogens is 262 g/mol. The van der Waals surface area contributed by atoms with Gasteiger partial charge in [0.05, 0.1) is 11.3 Å². The average Bonchev–Trinajstić information content (AvgIpc) is 2.79. The molecule has 0 amide bonds. The third kappa shape index (κ3) is 3.67. The summed E-state index contributed by atoms with van der Waals surface area (Å²) in [4.78, 5) is 4.47. The molecule has 1 aromatic rings. The number of hydrogen-bond acceptors (Lipinski definition) is 5. The van der Waals surface area contributed by atoms with Crippen LogP contribution >= 0.6 is 0 Å². The van der Waals surface area contributed by atoms with Crippen LogP contribution in [0.25, 0.3) is 0 Å². The summed E-state index contributed by atoms with van der Waals surface area (Å²) in [6, 6.07) is 4.04. The highest BCUT2D eigenvalue weighted by Crippen LogP contribution is 2.24. The Morgan fingerprint density at radius 2 is 2.26 bits per heavy atom. The van der Waals surface area contributed by atoms with Crippen LogP contribution in [0.2, 0.25) is 0 Å². The van der Waals surface area contributed by atoms with E-state index in [0.717, 1.165) is 25.0 Å². The first kappa shape index (κ1) is 13.8. The number of fused-ring (bicyclic) bond motifs is 1. The van der Waals surface area contributed by atoms with Crippen molar-refractivity contribution in [2.75, 3.05) is 23.9 Å². The minimum Gasteiger partial charge on any atom is -0.369 e. The molecule has 5 nitrogen and oxygen atoms in total. The lowest BCUT2D eigenvalue weighted by atomic mass is 10.1. The highest BCUT2D eigenvalue weighted by molar-refractivity contribution is 7.90. The maximum atomic E-state index is 11.0. The molecule has 0 saturated carbocycles.